The lowest BCUT2D eigenvalue weighted by Crippen LogP contribution is -2.48. The summed E-state index contributed by atoms with van der Waals surface area (Å²) in [6.07, 6.45) is 5.40. The molecule has 0 atom stereocenters. The molecule has 1 amide bonds. The van der Waals surface area contributed by atoms with Gasteiger partial charge >= 0.3 is 0 Å². The number of amides is 1. The Morgan fingerprint density at radius 3 is 2.66 bits per heavy atom. The largest absolute Gasteiger partial charge is 0.357 e. The Hall–Kier alpha value is -2.93. The number of hydrogen-bond donors (Lipinski definition) is 3. The van der Waals surface area contributed by atoms with Crippen LogP contribution in [-0.4, -0.2) is 54.0 Å². The number of pyridine rings is 1. The third-order valence-corrected chi connectivity index (χ3v) is 4.85. The Morgan fingerprint density at radius 2 is 1.97 bits per heavy atom. The molecule has 7 heteroatoms. The molecule has 1 saturated heterocycles. The number of anilines is 1. The van der Waals surface area contributed by atoms with Crippen LogP contribution >= 0.6 is 0 Å². The van der Waals surface area contributed by atoms with E-state index in [1.54, 1.807) is 24.5 Å². The van der Waals surface area contributed by atoms with Crippen LogP contribution < -0.4 is 16.0 Å². The normalized spacial score (nSPS) is 15.7. The Bertz CT molecular complexity index is 772. The molecule has 0 unspecified atom stereocenters. The van der Waals surface area contributed by atoms with E-state index < -0.39 is 0 Å². The molecule has 3 rings (SSSR count). The summed E-state index contributed by atoms with van der Waals surface area (Å²) in [6, 6.07) is 14.5. The average molecular weight is 395 g/mol. The van der Waals surface area contributed by atoms with E-state index in [0.717, 1.165) is 39.0 Å². The van der Waals surface area contributed by atoms with Gasteiger partial charge in [0.15, 0.2) is 5.96 Å². The van der Waals surface area contributed by atoms with Gasteiger partial charge in [-0.25, -0.2) is 4.99 Å². The summed E-state index contributed by atoms with van der Waals surface area (Å²) in [5.41, 5.74) is 2.03. The molecule has 1 aliphatic rings. The van der Waals surface area contributed by atoms with E-state index in [9.17, 15) is 4.79 Å². The number of guanidine groups is 1. The molecular weight excluding hydrogens is 364 g/mol. The van der Waals surface area contributed by atoms with Crippen LogP contribution in [-0.2, 0) is 11.3 Å². The van der Waals surface area contributed by atoms with Crippen LogP contribution in [0.4, 0.5) is 5.69 Å². The maximum Gasteiger partial charge on any atom is 0.246 e. The number of benzene rings is 1. The molecule has 29 heavy (non-hydrogen) atoms. The van der Waals surface area contributed by atoms with E-state index in [4.69, 9.17) is 0 Å². The standard InChI is InChI=1S/C22H30N6O/c1-2-24-22(25-16-21(29)26-20-9-6-12-23-15-20)27-19-10-13-28(14-11-19)17-18-7-4-3-5-8-18/h3-9,12,15,19H,2,10-11,13-14,16-17H2,1H3,(H,26,29)(H2,24,25,27). The summed E-state index contributed by atoms with van der Waals surface area (Å²) in [5, 5.41) is 9.51. The van der Waals surface area contributed by atoms with Crippen LogP contribution in [0.1, 0.15) is 25.3 Å². The van der Waals surface area contributed by atoms with Gasteiger partial charge in [0, 0.05) is 38.4 Å². The van der Waals surface area contributed by atoms with E-state index in [0.29, 0.717) is 17.7 Å². The highest BCUT2D eigenvalue weighted by atomic mass is 16.1. The van der Waals surface area contributed by atoms with Crippen molar-refractivity contribution in [3.05, 3.63) is 60.4 Å². The average Bonchev–Trinajstić information content (AvgIpc) is 2.75. The number of nitrogens with one attached hydrogen (secondary N) is 3. The van der Waals surface area contributed by atoms with Gasteiger partial charge in [-0.05, 0) is 37.5 Å². The lowest BCUT2D eigenvalue weighted by atomic mass is 10.0. The minimum absolute atomic E-state index is 0.0665. The van der Waals surface area contributed by atoms with Crippen molar-refractivity contribution in [3.63, 3.8) is 0 Å². The predicted octanol–water partition coefficient (Wildman–Crippen LogP) is 2.24. The Kier molecular flexibility index (Phi) is 8.01. The van der Waals surface area contributed by atoms with Crippen molar-refractivity contribution < 1.29 is 4.79 Å². The lowest BCUT2D eigenvalue weighted by Gasteiger charge is -2.33. The van der Waals surface area contributed by atoms with Crippen molar-refractivity contribution in [2.45, 2.75) is 32.4 Å². The van der Waals surface area contributed by atoms with Crippen LogP contribution in [0.15, 0.2) is 59.9 Å². The SMILES string of the molecule is CCNC(=NCC(=O)Nc1cccnc1)NC1CCN(Cc2ccccc2)CC1. The highest BCUT2D eigenvalue weighted by Crippen LogP contribution is 2.13. The summed E-state index contributed by atoms with van der Waals surface area (Å²) in [6.45, 7) is 5.94. The second-order valence-electron chi connectivity index (χ2n) is 7.17. The maximum atomic E-state index is 12.1. The Morgan fingerprint density at radius 1 is 1.17 bits per heavy atom. The van der Waals surface area contributed by atoms with Crippen LogP contribution in [0.25, 0.3) is 0 Å². The smallest absolute Gasteiger partial charge is 0.246 e. The number of aliphatic imine (C=N–C) groups is 1. The topological polar surface area (TPSA) is 81.6 Å². The molecule has 1 fully saturated rings. The molecule has 0 spiro atoms. The molecule has 1 aliphatic heterocycles. The van der Waals surface area contributed by atoms with Crippen molar-refractivity contribution in [1.82, 2.24) is 20.5 Å². The first-order valence-electron chi connectivity index (χ1n) is 10.2. The first-order chi connectivity index (χ1) is 14.2. The van der Waals surface area contributed by atoms with Gasteiger partial charge in [-0.1, -0.05) is 30.3 Å². The van der Waals surface area contributed by atoms with Crippen molar-refractivity contribution in [2.24, 2.45) is 4.99 Å². The summed E-state index contributed by atoms with van der Waals surface area (Å²) < 4.78 is 0. The zero-order valence-corrected chi connectivity index (χ0v) is 17.0. The minimum Gasteiger partial charge on any atom is -0.357 e. The predicted molar refractivity (Wildman–Crippen MR) is 117 cm³/mol. The first-order valence-corrected chi connectivity index (χ1v) is 10.2. The van der Waals surface area contributed by atoms with Gasteiger partial charge in [-0.2, -0.15) is 0 Å². The Labute approximate surface area is 172 Å². The van der Waals surface area contributed by atoms with E-state index in [-0.39, 0.29) is 12.5 Å². The fraction of sp³-hybridized carbons (Fsp3) is 0.409. The van der Waals surface area contributed by atoms with E-state index in [1.165, 1.54) is 5.56 Å². The molecule has 0 saturated carbocycles. The molecule has 2 heterocycles. The number of aromatic nitrogens is 1. The summed E-state index contributed by atoms with van der Waals surface area (Å²) in [7, 11) is 0. The fourth-order valence-electron chi connectivity index (χ4n) is 3.38. The fourth-order valence-corrected chi connectivity index (χ4v) is 3.38. The van der Waals surface area contributed by atoms with Gasteiger partial charge in [0.2, 0.25) is 5.91 Å². The van der Waals surface area contributed by atoms with Gasteiger partial charge in [0.05, 0.1) is 11.9 Å². The van der Waals surface area contributed by atoms with Crippen molar-refractivity contribution in [2.75, 3.05) is 31.5 Å². The number of carbonyl (C=O) groups excluding carboxylic acids is 1. The first kappa shape index (κ1) is 20.8. The zero-order chi connectivity index (χ0) is 20.3. The number of carbonyl (C=O) groups is 1. The molecule has 2 aromatic rings. The van der Waals surface area contributed by atoms with Gasteiger partial charge in [-0.15, -0.1) is 0 Å². The van der Waals surface area contributed by atoms with Crippen LogP contribution in [0.5, 0.6) is 0 Å². The molecule has 0 aliphatic carbocycles. The maximum absolute atomic E-state index is 12.1. The molecule has 3 N–H and O–H groups in total. The number of likely N-dealkylation sites (tertiary alicyclic amines) is 1. The highest BCUT2D eigenvalue weighted by Gasteiger charge is 2.20. The molecule has 0 radical (unpaired) electrons. The van der Waals surface area contributed by atoms with Crippen LogP contribution in [0.3, 0.4) is 0 Å². The minimum atomic E-state index is -0.159. The second kappa shape index (κ2) is 11.2. The summed E-state index contributed by atoms with van der Waals surface area (Å²) >= 11 is 0. The zero-order valence-electron chi connectivity index (χ0n) is 17.0. The summed E-state index contributed by atoms with van der Waals surface area (Å²) in [5.74, 6) is 0.531. The van der Waals surface area contributed by atoms with Gasteiger partial charge in [0.25, 0.3) is 0 Å². The molecule has 154 valence electrons. The second-order valence-corrected chi connectivity index (χ2v) is 7.17. The lowest BCUT2D eigenvalue weighted by molar-refractivity contribution is -0.114. The van der Waals surface area contributed by atoms with Gasteiger partial charge in [-0.3, -0.25) is 14.7 Å². The molecule has 1 aromatic heterocycles. The van der Waals surface area contributed by atoms with E-state index >= 15 is 0 Å². The Balaban J connectivity index is 1.45. The quantitative estimate of drug-likeness (QED) is 0.496. The van der Waals surface area contributed by atoms with Crippen molar-refractivity contribution in [3.8, 4) is 0 Å². The third kappa shape index (κ3) is 7.19. The number of nitrogens with zero attached hydrogens (tertiary/aromatic N) is 3. The van der Waals surface area contributed by atoms with Gasteiger partial charge < -0.3 is 16.0 Å². The molecule has 1 aromatic carbocycles. The molecular formula is C22H30N6O. The number of hydrogen-bond acceptors (Lipinski definition) is 4. The van der Waals surface area contributed by atoms with E-state index in [1.807, 2.05) is 6.92 Å². The number of piperidine rings is 1. The molecule has 0 bridgehead atoms. The summed E-state index contributed by atoms with van der Waals surface area (Å²) in [4.78, 5) is 23.0. The number of rotatable bonds is 7. The van der Waals surface area contributed by atoms with E-state index in [2.05, 4.69) is 61.2 Å². The highest BCUT2D eigenvalue weighted by molar-refractivity contribution is 5.93. The van der Waals surface area contributed by atoms with Crippen molar-refractivity contribution in [1.29, 1.82) is 0 Å². The van der Waals surface area contributed by atoms with Crippen molar-refractivity contribution >= 4 is 17.6 Å². The van der Waals surface area contributed by atoms with Crippen LogP contribution in [0, 0.1) is 0 Å². The molecule has 7 nitrogen and oxygen atoms in total. The third-order valence-electron chi connectivity index (χ3n) is 4.85. The van der Waals surface area contributed by atoms with Gasteiger partial charge in [0.1, 0.15) is 6.54 Å². The van der Waals surface area contributed by atoms with Crippen LogP contribution in [0.2, 0.25) is 0 Å². The monoisotopic (exact) mass is 394 g/mol.